The molecule has 4 nitrogen and oxygen atoms in total. The monoisotopic (exact) mass is 245 g/mol. The van der Waals surface area contributed by atoms with Crippen molar-refractivity contribution < 1.29 is 4.79 Å². The highest BCUT2D eigenvalue weighted by molar-refractivity contribution is 8.13. The van der Waals surface area contributed by atoms with Crippen LogP contribution in [0.4, 0.5) is 0 Å². The minimum atomic E-state index is 0.132. The molecule has 0 fully saturated rings. The van der Waals surface area contributed by atoms with Gasteiger partial charge in [-0.05, 0) is 5.92 Å². The SMILES string of the molecule is CC(=O)SCCC#Cc1cnc2cnccn12. The van der Waals surface area contributed by atoms with Crippen LogP contribution in [-0.4, -0.2) is 25.2 Å². The number of nitrogens with zero attached hydrogens (tertiary/aromatic N) is 3. The van der Waals surface area contributed by atoms with Crippen LogP contribution in [0.2, 0.25) is 0 Å². The molecule has 0 aliphatic rings. The normalized spacial score (nSPS) is 9.94. The fourth-order valence-corrected chi connectivity index (χ4v) is 1.83. The summed E-state index contributed by atoms with van der Waals surface area (Å²) in [7, 11) is 0. The van der Waals surface area contributed by atoms with Crippen LogP contribution >= 0.6 is 11.8 Å². The molecule has 0 aliphatic carbocycles. The van der Waals surface area contributed by atoms with E-state index >= 15 is 0 Å². The summed E-state index contributed by atoms with van der Waals surface area (Å²) in [5.41, 5.74) is 1.63. The Morgan fingerprint density at radius 3 is 3.24 bits per heavy atom. The van der Waals surface area contributed by atoms with Crippen LogP contribution in [0, 0.1) is 11.8 Å². The summed E-state index contributed by atoms with van der Waals surface area (Å²) in [6.07, 6.45) is 7.64. The van der Waals surface area contributed by atoms with Crippen LogP contribution in [-0.2, 0) is 4.79 Å². The van der Waals surface area contributed by atoms with Gasteiger partial charge in [0, 0.05) is 31.5 Å². The molecule has 0 saturated heterocycles. The smallest absolute Gasteiger partial charge is 0.185 e. The average Bonchev–Trinajstić information content (AvgIpc) is 2.72. The molecular formula is C12H11N3OS. The van der Waals surface area contributed by atoms with Crippen molar-refractivity contribution in [1.29, 1.82) is 0 Å². The molecule has 0 saturated carbocycles. The molecule has 2 aromatic heterocycles. The first-order valence-corrected chi connectivity index (χ1v) is 6.15. The maximum absolute atomic E-state index is 10.7. The fraction of sp³-hybridized carbons (Fsp3) is 0.250. The number of hydrogen-bond acceptors (Lipinski definition) is 4. The molecule has 2 aromatic rings. The molecule has 2 rings (SSSR count). The lowest BCUT2D eigenvalue weighted by Gasteiger charge is -1.92. The highest BCUT2D eigenvalue weighted by Gasteiger charge is 1.98. The molecule has 0 N–H and O–H groups in total. The Kier molecular flexibility index (Phi) is 3.78. The molecular weight excluding hydrogens is 234 g/mol. The van der Waals surface area contributed by atoms with E-state index < -0.39 is 0 Å². The van der Waals surface area contributed by atoms with Crippen molar-refractivity contribution in [3.8, 4) is 11.8 Å². The first-order chi connectivity index (χ1) is 8.27. The summed E-state index contributed by atoms with van der Waals surface area (Å²) in [5.74, 6) is 6.81. The van der Waals surface area contributed by atoms with E-state index in [1.807, 2.05) is 10.6 Å². The number of thioether (sulfide) groups is 1. The van der Waals surface area contributed by atoms with E-state index in [9.17, 15) is 4.79 Å². The minimum Gasteiger partial charge on any atom is -0.290 e. The van der Waals surface area contributed by atoms with Gasteiger partial charge in [-0.3, -0.25) is 14.2 Å². The van der Waals surface area contributed by atoms with Crippen LogP contribution in [0.5, 0.6) is 0 Å². The quantitative estimate of drug-likeness (QED) is 0.597. The van der Waals surface area contributed by atoms with Gasteiger partial charge in [0.1, 0.15) is 5.69 Å². The number of carbonyl (C=O) groups is 1. The third kappa shape index (κ3) is 3.08. The lowest BCUT2D eigenvalue weighted by Crippen LogP contribution is -1.88. The van der Waals surface area contributed by atoms with Gasteiger partial charge in [0.15, 0.2) is 10.8 Å². The van der Waals surface area contributed by atoms with Gasteiger partial charge in [-0.25, -0.2) is 4.98 Å². The van der Waals surface area contributed by atoms with E-state index in [2.05, 4.69) is 21.8 Å². The van der Waals surface area contributed by atoms with Crippen molar-refractivity contribution in [2.45, 2.75) is 13.3 Å². The number of imidazole rings is 1. The predicted octanol–water partition coefficient (Wildman–Crippen LogP) is 1.75. The maximum Gasteiger partial charge on any atom is 0.185 e. The molecule has 0 unspecified atom stereocenters. The van der Waals surface area contributed by atoms with Crippen LogP contribution in [0.25, 0.3) is 5.65 Å². The Hall–Kier alpha value is -1.80. The Balaban J connectivity index is 2.04. The molecule has 0 amide bonds. The van der Waals surface area contributed by atoms with Crippen LogP contribution in [0.3, 0.4) is 0 Å². The molecule has 0 radical (unpaired) electrons. The zero-order valence-electron chi connectivity index (χ0n) is 9.38. The first kappa shape index (κ1) is 11.7. The molecule has 0 aliphatic heterocycles. The van der Waals surface area contributed by atoms with Crippen molar-refractivity contribution in [3.05, 3.63) is 30.5 Å². The van der Waals surface area contributed by atoms with Gasteiger partial charge >= 0.3 is 0 Å². The molecule has 17 heavy (non-hydrogen) atoms. The number of carbonyl (C=O) groups excluding carboxylic acids is 1. The Labute approximate surface area is 103 Å². The lowest BCUT2D eigenvalue weighted by atomic mass is 10.4. The van der Waals surface area contributed by atoms with Gasteiger partial charge in [0.2, 0.25) is 0 Å². The Morgan fingerprint density at radius 2 is 2.41 bits per heavy atom. The van der Waals surface area contributed by atoms with Gasteiger partial charge in [-0.1, -0.05) is 17.7 Å². The average molecular weight is 245 g/mol. The molecule has 2 heterocycles. The molecule has 5 heteroatoms. The second-order valence-electron chi connectivity index (χ2n) is 3.34. The number of aromatic nitrogens is 3. The van der Waals surface area contributed by atoms with Crippen molar-refractivity contribution in [1.82, 2.24) is 14.4 Å². The Bertz CT molecular complexity index is 594. The van der Waals surface area contributed by atoms with Gasteiger partial charge in [-0.15, -0.1) is 0 Å². The fourth-order valence-electron chi connectivity index (χ4n) is 1.33. The zero-order chi connectivity index (χ0) is 12.1. The van der Waals surface area contributed by atoms with Gasteiger partial charge in [0.25, 0.3) is 0 Å². The Morgan fingerprint density at radius 1 is 1.53 bits per heavy atom. The van der Waals surface area contributed by atoms with E-state index in [1.54, 1.807) is 25.5 Å². The van der Waals surface area contributed by atoms with E-state index in [4.69, 9.17) is 0 Å². The molecule has 86 valence electrons. The largest absolute Gasteiger partial charge is 0.290 e. The van der Waals surface area contributed by atoms with Gasteiger partial charge in [-0.2, -0.15) is 0 Å². The molecule has 0 bridgehead atoms. The van der Waals surface area contributed by atoms with Crippen LogP contribution in [0.15, 0.2) is 24.8 Å². The summed E-state index contributed by atoms with van der Waals surface area (Å²) >= 11 is 1.30. The second kappa shape index (κ2) is 5.51. The van der Waals surface area contributed by atoms with Crippen molar-refractivity contribution in [2.75, 3.05) is 5.75 Å². The van der Waals surface area contributed by atoms with E-state index in [1.165, 1.54) is 11.8 Å². The number of hydrogen-bond donors (Lipinski definition) is 0. The van der Waals surface area contributed by atoms with Gasteiger partial charge < -0.3 is 0 Å². The second-order valence-corrected chi connectivity index (χ2v) is 4.61. The van der Waals surface area contributed by atoms with Crippen molar-refractivity contribution in [2.24, 2.45) is 0 Å². The lowest BCUT2D eigenvalue weighted by molar-refractivity contribution is -0.109. The van der Waals surface area contributed by atoms with Crippen LogP contribution < -0.4 is 0 Å². The van der Waals surface area contributed by atoms with E-state index in [0.717, 1.165) is 17.1 Å². The number of rotatable bonds is 2. The topological polar surface area (TPSA) is 47.3 Å². The minimum absolute atomic E-state index is 0.132. The standard InChI is InChI=1S/C12H11N3OS/c1-10(16)17-7-3-2-4-11-8-14-12-9-13-5-6-15(11)12/h5-6,8-9H,3,7H2,1H3. The summed E-state index contributed by atoms with van der Waals surface area (Å²) in [6, 6.07) is 0. The van der Waals surface area contributed by atoms with Crippen molar-refractivity contribution >= 4 is 22.5 Å². The molecule has 0 aromatic carbocycles. The molecule has 0 spiro atoms. The van der Waals surface area contributed by atoms with Gasteiger partial charge in [0.05, 0.1) is 12.4 Å². The predicted molar refractivity (Wildman–Crippen MR) is 67.6 cm³/mol. The van der Waals surface area contributed by atoms with E-state index in [0.29, 0.717) is 6.42 Å². The third-order valence-corrected chi connectivity index (χ3v) is 2.88. The maximum atomic E-state index is 10.7. The van der Waals surface area contributed by atoms with E-state index in [-0.39, 0.29) is 5.12 Å². The summed E-state index contributed by atoms with van der Waals surface area (Å²) in [4.78, 5) is 18.9. The number of fused-ring (bicyclic) bond motifs is 1. The first-order valence-electron chi connectivity index (χ1n) is 5.16. The highest BCUT2D eigenvalue weighted by atomic mass is 32.2. The molecule has 0 atom stereocenters. The summed E-state index contributed by atoms with van der Waals surface area (Å²) in [5, 5.41) is 0.132. The summed E-state index contributed by atoms with van der Waals surface area (Å²) in [6.45, 7) is 1.57. The zero-order valence-corrected chi connectivity index (χ0v) is 10.2. The van der Waals surface area contributed by atoms with Crippen LogP contribution in [0.1, 0.15) is 19.0 Å². The third-order valence-electron chi connectivity index (χ3n) is 2.07. The van der Waals surface area contributed by atoms with Crippen molar-refractivity contribution in [3.63, 3.8) is 0 Å². The summed E-state index contributed by atoms with van der Waals surface area (Å²) < 4.78 is 1.89. The highest BCUT2D eigenvalue weighted by Crippen LogP contribution is 2.04.